The zero-order chi connectivity index (χ0) is 11.5. The quantitative estimate of drug-likeness (QED) is 0.824. The Morgan fingerprint density at radius 3 is 2.56 bits per heavy atom. The van der Waals surface area contributed by atoms with Crippen molar-refractivity contribution in [3.05, 3.63) is 41.6 Å². The second-order valence-electron chi connectivity index (χ2n) is 3.81. The monoisotopic (exact) mass is 216 g/mol. The molecule has 0 aliphatic carbocycles. The molecule has 4 nitrogen and oxygen atoms in total. The Bertz CT molecular complexity index is 473. The maximum atomic E-state index is 5.92. The molecule has 1 aromatic carbocycles. The lowest BCUT2D eigenvalue weighted by Gasteiger charge is -2.07. The molecule has 0 unspecified atom stereocenters. The standard InChI is InChI=1S/C12H16N4/c1-9-11(13)12(16(2)15-9)14-8-10-6-4-3-5-7-10/h3-7,14H,8,13H2,1-2H3. The smallest absolute Gasteiger partial charge is 0.148 e. The fourth-order valence-corrected chi connectivity index (χ4v) is 1.67. The fourth-order valence-electron chi connectivity index (χ4n) is 1.67. The number of hydrogen-bond donors (Lipinski definition) is 2. The van der Waals surface area contributed by atoms with Crippen LogP contribution < -0.4 is 11.1 Å². The van der Waals surface area contributed by atoms with E-state index in [1.54, 1.807) is 4.68 Å². The lowest BCUT2D eigenvalue weighted by Crippen LogP contribution is -2.06. The van der Waals surface area contributed by atoms with E-state index in [1.807, 2.05) is 32.2 Å². The zero-order valence-electron chi connectivity index (χ0n) is 9.57. The predicted molar refractivity (Wildman–Crippen MR) is 66.1 cm³/mol. The second kappa shape index (κ2) is 4.26. The Morgan fingerprint density at radius 2 is 2.00 bits per heavy atom. The minimum Gasteiger partial charge on any atom is -0.394 e. The lowest BCUT2D eigenvalue weighted by molar-refractivity contribution is 0.758. The van der Waals surface area contributed by atoms with E-state index in [-0.39, 0.29) is 0 Å². The van der Waals surface area contributed by atoms with Crippen LogP contribution in [0.1, 0.15) is 11.3 Å². The highest BCUT2D eigenvalue weighted by atomic mass is 15.3. The summed E-state index contributed by atoms with van der Waals surface area (Å²) in [5, 5.41) is 7.55. The van der Waals surface area contributed by atoms with Gasteiger partial charge in [-0.05, 0) is 12.5 Å². The third-order valence-corrected chi connectivity index (χ3v) is 2.57. The average Bonchev–Trinajstić information content (AvgIpc) is 2.53. The molecule has 2 rings (SSSR count). The lowest BCUT2D eigenvalue weighted by atomic mass is 10.2. The van der Waals surface area contributed by atoms with Crippen LogP contribution in [0, 0.1) is 6.92 Å². The van der Waals surface area contributed by atoms with Gasteiger partial charge in [-0.25, -0.2) is 0 Å². The van der Waals surface area contributed by atoms with Gasteiger partial charge in [0.2, 0.25) is 0 Å². The zero-order valence-corrected chi connectivity index (χ0v) is 9.57. The summed E-state index contributed by atoms with van der Waals surface area (Å²) in [6.45, 7) is 2.66. The highest BCUT2D eigenvalue weighted by molar-refractivity contribution is 5.64. The van der Waals surface area contributed by atoms with Gasteiger partial charge in [-0.3, -0.25) is 4.68 Å². The van der Waals surface area contributed by atoms with Crippen molar-refractivity contribution in [3.63, 3.8) is 0 Å². The highest BCUT2D eigenvalue weighted by Crippen LogP contribution is 2.21. The number of benzene rings is 1. The first-order chi connectivity index (χ1) is 7.68. The van der Waals surface area contributed by atoms with Crippen molar-refractivity contribution >= 4 is 11.5 Å². The van der Waals surface area contributed by atoms with E-state index >= 15 is 0 Å². The summed E-state index contributed by atoms with van der Waals surface area (Å²) in [5.74, 6) is 0.876. The average molecular weight is 216 g/mol. The number of rotatable bonds is 3. The summed E-state index contributed by atoms with van der Waals surface area (Å²) in [6, 6.07) is 10.2. The molecule has 16 heavy (non-hydrogen) atoms. The SMILES string of the molecule is Cc1nn(C)c(NCc2ccccc2)c1N. The number of hydrogen-bond acceptors (Lipinski definition) is 3. The minimum atomic E-state index is 0.721. The van der Waals surface area contributed by atoms with Gasteiger partial charge in [0.15, 0.2) is 0 Å². The van der Waals surface area contributed by atoms with E-state index in [0.717, 1.165) is 23.7 Å². The van der Waals surface area contributed by atoms with Crippen molar-refractivity contribution in [1.29, 1.82) is 0 Å². The summed E-state index contributed by atoms with van der Waals surface area (Å²) in [4.78, 5) is 0. The number of aryl methyl sites for hydroxylation is 2. The van der Waals surface area contributed by atoms with Gasteiger partial charge in [0, 0.05) is 13.6 Å². The molecular weight excluding hydrogens is 200 g/mol. The first-order valence-electron chi connectivity index (χ1n) is 5.25. The Balaban J connectivity index is 2.11. The second-order valence-corrected chi connectivity index (χ2v) is 3.81. The Morgan fingerprint density at radius 1 is 1.31 bits per heavy atom. The van der Waals surface area contributed by atoms with Crippen molar-refractivity contribution in [3.8, 4) is 0 Å². The van der Waals surface area contributed by atoms with Crippen LogP contribution in [-0.4, -0.2) is 9.78 Å². The van der Waals surface area contributed by atoms with Crippen LogP contribution in [0.25, 0.3) is 0 Å². The molecule has 0 fully saturated rings. The van der Waals surface area contributed by atoms with Gasteiger partial charge in [-0.1, -0.05) is 30.3 Å². The van der Waals surface area contributed by atoms with E-state index in [1.165, 1.54) is 5.56 Å². The summed E-state index contributed by atoms with van der Waals surface area (Å²) in [6.07, 6.45) is 0. The van der Waals surface area contributed by atoms with Gasteiger partial charge < -0.3 is 11.1 Å². The number of anilines is 2. The van der Waals surface area contributed by atoms with Crippen molar-refractivity contribution in [2.24, 2.45) is 7.05 Å². The highest BCUT2D eigenvalue weighted by Gasteiger charge is 2.08. The first-order valence-corrected chi connectivity index (χ1v) is 5.25. The van der Waals surface area contributed by atoms with Gasteiger partial charge in [0.1, 0.15) is 5.82 Å². The van der Waals surface area contributed by atoms with E-state index < -0.39 is 0 Å². The predicted octanol–water partition coefficient (Wildman–Crippen LogP) is 1.92. The summed E-state index contributed by atoms with van der Waals surface area (Å²) < 4.78 is 1.77. The van der Waals surface area contributed by atoms with Crippen molar-refractivity contribution in [2.45, 2.75) is 13.5 Å². The molecule has 0 aliphatic rings. The number of nitrogens with two attached hydrogens (primary N) is 1. The van der Waals surface area contributed by atoms with Crippen molar-refractivity contribution < 1.29 is 0 Å². The largest absolute Gasteiger partial charge is 0.394 e. The molecule has 0 radical (unpaired) electrons. The number of nitrogens with zero attached hydrogens (tertiary/aromatic N) is 2. The van der Waals surface area contributed by atoms with E-state index in [9.17, 15) is 0 Å². The van der Waals surface area contributed by atoms with Gasteiger partial charge in [0.25, 0.3) is 0 Å². The molecule has 0 bridgehead atoms. The number of aromatic nitrogens is 2. The van der Waals surface area contributed by atoms with Gasteiger partial charge in [-0.2, -0.15) is 5.10 Å². The van der Waals surface area contributed by atoms with E-state index in [0.29, 0.717) is 0 Å². The van der Waals surface area contributed by atoms with Crippen LogP contribution in [-0.2, 0) is 13.6 Å². The van der Waals surface area contributed by atoms with Crippen molar-refractivity contribution in [2.75, 3.05) is 11.1 Å². The number of nitrogens with one attached hydrogen (secondary N) is 1. The molecule has 0 atom stereocenters. The molecule has 0 saturated heterocycles. The summed E-state index contributed by atoms with van der Waals surface area (Å²) in [5.41, 5.74) is 8.72. The third-order valence-electron chi connectivity index (χ3n) is 2.57. The molecule has 0 spiro atoms. The molecule has 84 valence electrons. The van der Waals surface area contributed by atoms with Gasteiger partial charge >= 0.3 is 0 Å². The molecule has 3 N–H and O–H groups in total. The molecule has 4 heteroatoms. The van der Waals surface area contributed by atoms with Crippen molar-refractivity contribution in [1.82, 2.24) is 9.78 Å². The summed E-state index contributed by atoms with van der Waals surface area (Å²) >= 11 is 0. The van der Waals surface area contributed by atoms with Crippen LogP contribution in [0.3, 0.4) is 0 Å². The van der Waals surface area contributed by atoms with Crippen LogP contribution in [0.15, 0.2) is 30.3 Å². The van der Waals surface area contributed by atoms with E-state index in [2.05, 4.69) is 22.5 Å². The Kier molecular flexibility index (Phi) is 2.81. The fraction of sp³-hybridized carbons (Fsp3) is 0.250. The maximum absolute atomic E-state index is 5.92. The topological polar surface area (TPSA) is 55.9 Å². The third kappa shape index (κ3) is 2.00. The van der Waals surface area contributed by atoms with Crippen LogP contribution in [0.2, 0.25) is 0 Å². The maximum Gasteiger partial charge on any atom is 0.148 e. The molecule has 0 saturated carbocycles. The molecular formula is C12H16N4. The molecule has 2 aromatic rings. The summed E-state index contributed by atoms with van der Waals surface area (Å²) in [7, 11) is 1.89. The molecule has 0 amide bonds. The normalized spacial score (nSPS) is 10.4. The Hall–Kier alpha value is -1.97. The molecule has 0 aliphatic heterocycles. The minimum absolute atomic E-state index is 0.721. The van der Waals surface area contributed by atoms with Gasteiger partial charge in [0.05, 0.1) is 11.4 Å². The van der Waals surface area contributed by atoms with Gasteiger partial charge in [-0.15, -0.1) is 0 Å². The molecule has 1 heterocycles. The molecule has 1 aromatic heterocycles. The van der Waals surface area contributed by atoms with E-state index in [4.69, 9.17) is 5.73 Å². The van der Waals surface area contributed by atoms with Crippen LogP contribution in [0.4, 0.5) is 11.5 Å². The van der Waals surface area contributed by atoms with Crippen LogP contribution >= 0.6 is 0 Å². The first kappa shape index (κ1) is 10.5. The Labute approximate surface area is 95.1 Å². The van der Waals surface area contributed by atoms with Crippen LogP contribution in [0.5, 0.6) is 0 Å². The number of nitrogen functional groups attached to an aromatic ring is 1.